The molecule has 0 aliphatic rings. The van der Waals surface area contributed by atoms with Crippen molar-refractivity contribution < 1.29 is 17.1 Å². The molecule has 2 amide bonds. The van der Waals surface area contributed by atoms with E-state index in [0.717, 1.165) is 17.7 Å². The molecular weight excluding hydrogens is 459 g/mol. The zero-order valence-corrected chi connectivity index (χ0v) is 17.8. The fraction of sp³-hybridized carbons (Fsp3) is 0.0526. The maximum absolute atomic E-state index is 13.2. The van der Waals surface area contributed by atoms with Crippen LogP contribution >= 0.6 is 11.8 Å². The largest absolute Gasteiger partial charge is 0.332 e. The molecule has 0 aliphatic carbocycles. The number of imidazole rings is 1. The van der Waals surface area contributed by atoms with Gasteiger partial charge in [-0.05, 0) is 29.8 Å². The Morgan fingerprint density at radius 2 is 1.94 bits per heavy atom. The standard InChI is InChI=1S/C19H15FN6O4S2/c20-32(29,30)13-6-3-5-12(8-13)23-18(28)24-14-7-2-1-4-11(14)9-31-19-25-15-16(26-19)21-10-22-17(15)27/h1-8,10H,9H2,(H2,23,24,28)(H2,21,22,25,26,27). The lowest BCUT2D eigenvalue weighted by Gasteiger charge is -2.12. The first-order chi connectivity index (χ1) is 15.3. The van der Waals surface area contributed by atoms with Crippen molar-refractivity contribution in [1.29, 1.82) is 0 Å². The summed E-state index contributed by atoms with van der Waals surface area (Å²) in [6.45, 7) is 0. The van der Waals surface area contributed by atoms with Gasteiger partial charge in [-0.25, -0.2) is 14.8 Å². The molecule has 2 heterocycles. The Morgan fingerprint density at radius 1 is 1.12 bits per heavy atom. The number of nitrogens with one attached hydrogen (secondary N) is 4. The van der Waals surface area contributed by atoms with Gasteiger partial charge in [-0.3, -0.25) is 4.79 Å². The first kappa shape index (κ1) is 21.5. The van der Waals surface area contributed by atoms with Gasteiger partial charge in [0.25, 0.3) is 5.56 Å². The first-order valence-corrected chi connectivity index (χ1v) is 11.4. The number of urea groups is 1. The van der Waals surface area contributed by atoms with E-state index >= 15 is 0 Å². The molecule has 0 fully saturated rings. The van der Waals surface area contributed by atoms with Gasteiger partial charge in [0.2, 0.25) is 0 Å². The topological polar surface area (TPSA) is 150 Å². The zero-order chi connectivity index (χ0) is 22.7. The number of carbonyl (C=O) groups is 1. The molecule has 10 nitrogen and oxygen atoms in total. The van der Waals surface area contributed by atoms with Gasteiger partial charge >= 0.3 is 16.3 Å². The molecule has 2 aromatic heterocycles. The summed E-state index contributed by atoms with van der Waals surface area (Å²) in [7, 11) is -4.88. The number of rotatable bonds is 6. The van der Waals surface area contributed by atoms with Crippen LogP contribution in [-0.4, -0.2) is 34.4 Å². The van der Waals surface area contributed by atoms with Gasteiger partial charge in [0.15, 0.2) is 16.3 Å². The molecule has 0 saturated heterocycles. The highest BCUT2D eigenvalue weighted by Crippen LogP contribution is 2.26. The number of hydrogen-bond acceptors (Lipinski definition) is 7. The molecule has 32 heavy (non-hydrogen) atoms. The third kappa shape index (κ3) is 4.95. The Balaban J connectivity index is 1.45. The molecule has 0 saturated carbocycles. The highest BCUT2D eigenvalue weighted by molar-refractivity contribution is 7.98. The number of fused-ring (bicyclic) bond motifs is 1. The minimum Gasteiger partial charge on any atom is -0.327 e. The van der Waals surface area contributed by atoms with Gasteiger partial charge in [0.05, 0.1) is 6.33 Å². The van der Waals surface area contributed by atoms with E-state index in [9.17, 15) is 21.9 Å². The molecule has 4 aromatic rings. The normalized spacial score (nSPS) is 11.4. The maximum Gasteiger partial charge on any atom is 0.332 e. The predicted octanol–water partition coefficient (Wildman–Crippen LogP) is 3.24. The molecule has 0 bridgehead atoms. The Morgan fingerprint density at radius 3 is 2.72 bits per heavy atom. The van der Waals surface area contributed by atoms with E-state index in [-0.39, 0.29) is 16.8 Å². The third-order valence-electron chi connectivity index (χ3n) is 4.28. The molecule has 4 N–H and O–H groups in total. The number of nitrogens with zero attached hydrogens (tertiary/aromatic N) is 2. The van der Waals surface area contributed by atoms with Crippen LogP contribution in [0.25, 0.3) is 11.2 Å². The Hall–Kier alpha value is -3.71. The van der Waals surface area contributed by atoms with Crippen LogP contribution in [0.15, 0.2) is 69.7 Å². The van der Waals surface area contributed by atoms with Crippen molar-refractivity contribution in [2.24, 2.45) is 0 Å². The summed E-state index contributed by atoms with van der Waals surface area (Å²) in [4.78, 5) is 37.3. The molecule has 0 spiro atoms. The fourth-order valence-electron chi connectivity index (χ4n) is 2.81. The molecule has 0 atom stereocenters. The van der Waals surface area contributed by atoms with Crippen molar-refractivity contribution in [1.82, 2.24) is 19.9 Å². The second-order valence-corrected chi connectivity index (χ2v) is 8.77. The highest BCUT2D eigenvalue weighted by atomic mass is 32.3. The van der Waals surface area contributed by atoms with E-state index in [0.29, 0.717) is 22.2 Å². The lowest BCUT2D eigenvalue weighted by atomic mass is 10.2. The summed E-state index contributed by atoms with van der Waals surface area (Å²) in [5.74, 6) is 0.420. The summed E-state index contributed by atoms with van der Waals surface area (Å²) >= 11 is 1.32. The smallest absolute Gasteiger partial charge is 0.327 e. The lowest BCUT2D eigenvalue weighted by molar-refractivity contribution is 0.262. The first-order valence-electron chi connectivity index (χ1n) is 9.06. The van der Waals surface area contributed by atoms with Gasteiger partial charge in [0.1, 0.15) is 4.90 Å². The number of amides is 2. The number of aromatic nitrogens is 4. The van der Waals surface area contributed by atoms with Crippen molar-refractivity contribution in [2.75, 3.05) is 10.6 Å². The SMILES string of the molecule is O=C(Nc1cccc(S(=O)(=O)F)c1)Nc1ccccc1CSc1nc2nc[nH]c(=O)c2[nH]1. The van der Waals surface area contributed by atoms with E-state index in [1.165, 1.54) is 30.2 Å². The van der Waals surface area contributed by atoms with Crippen LogP contribution in [0.3, 0.4) is 0 Å². The van der Waals surface area contributed by atoms with Gasteiger partial charge in [-0.1, -0.05) is 36.0 Å². The number of benzene rings is 2. The second-order valence-electron chi connectivity index (χ2n) is 6.46. The van der Waals surface area contributed by atoms with Gasteiger partial charge in [0, 0.05) is 17.1 Å². The molecule has 164 valence electrons. The van der Waals surface area contributed by atoms with Crippen LogP contribution in [-0.2, 0) is 16.0 Å². The molecule has 4 rings (SSSR count). The Kier molecular flexibility index (Phi) is 5.92. The maximum atomic E-state index is 13.2. The van der Waals surface area contributed by atoms with E-state index in [2.05, 4.69) is 30.6 Å². The minimum absolute atomic E-state index is 0.119. The summed E-state index contributed by atoms with van der Waals surface area (Å²) in [6.07, 6.45) is 1.27. The summed E-state index contributed by atoms with van der Waals surface area (Å²) in [6, 6.07) is 11.3. The zero-order valence-electron chi connectivity index (χ0n) is 16.1. The Bertz CT molecular complexity index is 1470. The lowest BCUT2D eigenvalue weighted by Crippen LogP contribution is -2.20. The average molecular weight is 474 g/mol. The van der Waals surface area contributed by atoms with E-state index < -0.39 is 21.1 Å². The number of anilines is 2. The quantitative estimate of drug-likeness (QED) is 0.247. The molecule has 0 unspecified atom stereocenters. The molecule has 0 radical (unpaired) electrons. The van der Waals surface area contributed by atoms with Crippen LogP contribution in [0, 0.1) is 0 Å². The van der Waals surface area contributed by atoms with Crippen molar-refractivity contribution in [3.63, 3.8) is 0 Å². The molecule has 13 heteroatoms. The minimum atomic E-state index is -4.88. The monoisotopic (exact) mass is 474 g/mol. The molecule has 0 aliphatic heterocycles. The van der Waals surface area contributed by atoms with Gasteiger partial charge in [-0.2, -0.15) is 8.42 Å². The average Bonchev–Trinajstić information content (AvgIpc) is 3.17. The Labute approximate surface area is 184 Å². The summed E-state index contributed by atoms with van der Waals surface area (Å²) in [5, 5.41) is 5.65. The van der Waals surface area contributed by atoms with Gasteiger partial charge < -0.3 is 20.6 Å². The number of aromatic amines is 2. The second kappa shape index (κ2) is 8.80. The van der Waals surface area contributed by atoms with Crippen LogP contribution in [0.5, 0.6) is 0 Å². The van der Waals surface area contributed by atoms with E-state index in [4.69, 9.17) is 0 Å². The number of H-pyrrole nitrogens is 2. The van der Waals surface area contributed by atoms with Crippen LogP contribution in [0.2, 0.25) is 0 Å². The number of carbonyl (C=O) groups excluding carboxylic acids is 1. The van der Waals surface area contributed by atoms with Crippen molar-refractivity contribution >= 4 is 50.6 Å². The number of halogens is 1. The summed E-state index contributed by atoms with van der Waals surface area (Å²) in [5.41, 5.74) is 1.66. The third-order valence-corrected chi connectivity index (χ3v) is 6.02. The fourth-order valence-corrected chi connectivity index (χ4v) is 4.19. The van der Waals surface area contributed by atoms with Gasteiger partial charge in [-0.15, -0.1) is 3.89 Å². The molecular formula is C19H15FN6O4S2. The van der Waals surface area contributed by atoms with E-state index in [1.807, 2.05) is 6.07 Å². The van der Waals surface area contributed by atoms with E-state index in [1.54, 1.807) is 18.2 Å². The summed E-state index contributed by atoms with van der Waals surface area (Å²) < 4.78 is 35.3. The predicted molar refractivity (Wildman–Crippen MR) is 118 cm³/mol. The van der Waals surface area contributed by atoms with Crippen molar-refractivity contribution in [3.05, 3.63) is 70.8 Å². The highest BCUT2D eigenvalue weighted by Gasteiger charge is 2.14. The van der Waals surface area contributed by atoms with Crippen LogP contribution in [0.4, 0.5) is 20.1 Å². The molecule has 2 aromatic carbocycles. The van der Waals surface area contributed by atoms with Crippen LogP contribution in [0.1, 0.15) is 5.56 Å². The number of thioether (sulfide) groups is 1. The van der Waals surface area contributed by atoms with Crippen LogP contribution < -0.4 is 16.2 Å². The van der Waals surface area contributed by atoms with Crippen molar-refractivity contribution in [3.8, 4) is 0 Å². The van der Waals surface area contributed by atoms with Crippen molar-refractivity contribution in [2.45, 2.75) is 15.8 Å². The number of hydrogen-bond donors (Lipinski definition) is 4. The number of para-hydroxylation sites is 1.